The van der Waals surface area contributed by atoms with Gasteiger partial charge in [0.25, 0.3) is 0 Å². The van der Waals surface area contributed by atoms with Crippen molar-refractivity contribution in [2.75, 3.05) is 19.7 Å². The standard InChI is InChI=1S/C9H17NO/c11-7-8-3-1-5-10-6-2-4-9(8)10/h8-9,11H,1-7H2/t8-,9+/m1/s1. The minimum Gasteiger partial charge on any atom is -0.396 e. The minimum absolute atomic E-state index is 0.404. The summed E-state index contributed by atoms with van der Waals surface area (Å²) < 4.78 is 0. The van der Waals surface area contributed by atoms with E-state index in [0.29, 0.717) is 12.5 Å². The van der Waals surface area contributed by atoms with Gasteiger partial charge in [-0.15, -0.1) is 0 Å². The van der Waals surface area contributed by atoms with Gasteiger partial charge < -0.3 is 10.0 Å². The number of aliphatic hydroxyl groups excluding tert-OH is 1. The molecule has 0 aliphatic carbocycles. The molecule has 64 valence electrons. The fraction of sp³-hybridized carbons (Fsp3) is 1.00. The Morgan fingerprint density at radius 2 is 1.91 bits per heavy atom. The second-order valence-corrected chi connectivity index (χ2v) is 3.83. The summed E-state index contributed by atoms with van der Waals surface area (Å²) in [6, 6.07) is 0.730. The Labute approximate surface area is 68.2 Å². The normalized spacial score (nSPS) is 39.0. The highest BCUT2D eigenvalue weighted by atomic mass is 16.3. The van der Waals surface area contributed by atoms with Crippen molar-refractivity contribution in [2.24, 2.45) is 5.92 Å². The number of hydrogen-bond donors (Lipinski definition) is 1. The number of rotatable bonds is 1. The molecule has 2 fully saturated rings. The summed E-state index contributed by atoms with van der Waals surface area (Å²) in [7, 11) is 0. The Morgan fingerprint density at radius 3 is 2.64 bits per heavy atom. The van der Waals surface area contributed by atoms with Gasteiger partial charge in [-0.1, -0.05) is 0 Å². The predicted octanol–water partition coefficient (Wildman–Crippen LogP) is 0.853. The zero-order valence-electron chi connectivity index (χ0n) is 7.00. The van der Waals surface area contributed by atoms with Crippen LogP contribution < -0.4 is 0 Å². The highest BCUT2D eigenvalue weighted by Gasteiger charge is 2.33. The summed E-state index contributed by atoms with van der Waals surface area (Å²) in [6.45, 7) is 2.96. The van der Waals surface area contributed by atoms with Crippen molar-refractivity contribution in [2.45, 2.75) is 31.7 Å². The van der Waals surface area contributed by atoms with Gasteiger partial charge in [0.05, 0.1) is 0 Å². The van der Waals surface area contributed by atoms with Crippen LogP contribution in [0.3, 0.4) is 0 Å². The van der Waals surface area contributed by atoms with Crippen LogP contribution in [0.25, 0.3) is 0 Å². The summed E-state index contributed by atoms with van der Waals surface area (Å²) in [6.07, 6.45) is 5.21. The Morgan fingerprint density at radius 1 is 1.18 bits per heavy atom. The lowest BCUT2D eigenvalue weighted by molar-refractivity contribution is 0.0850. The van der Waals surface area contributed by atoms with Crippen LogP contribution in [0.1, 0.15) is 25.7 Å². The smallest absolute Gasteiger partial charge is 0.0474 e. The van der Waals surface area contributed by atoms with E-state index in [-0.39, 0.29) is 0 Å². The molecule has 2 nitrogen and oxygen atoms in total. The summed E-state index contributed by atoms with van der Waals surface area (Å²) in [5.41, 5.74) is 0. The average molecular weight is 155 g/mol. The predicted molar refractivity (Wildman–Crippen MR) is 44.4 cm³/mol. The lowest BCUT2D eigenvalue weighted by Crippen LogP contribution is -2.41. The van der Waals surface area contributed by atoms with E-state index < -0.39 is 0 Å². The highest BCUT2D eigenvalue weighted by molar-refractivity contribution is 4.88. The van der Waals surface area contributed by atoms with Gasteiger partial charge >= 0.3 is 0 Å². The van der Waals surface area contributed by atoms with Gasteiger partial charge in [-0.3, -0.25) is 0 Å². The van der Waals surface area contributed by atoms with Crippen molar-refractivity contribution in [1.29, 1.82) is 0 Å². The Bertz CT molecular complexity index is 138. The zero-order valence-corrected chi connectivity index (χ0v) is 7.00. The molecule has 0 radical (unpaired) electrons. The van der Waals surface area contributed by atoms with Gasteiger partial charge in [0.2, 0.25) is 0 Å². The van der Waals surface area contributed by atoms with Gasteiger partial charge in [-0.2, -0.15) is 0 Å². The van der Waals surface area contributed by atoms with Crippen molar-refractivity contribution < 1.29 is 5.11 Å². The van der Waals surface area contributed by atoms with Crippen LogP contribution in [0.15, 0.2) is 0 Å². The van der Waals surface area contributed by atoms with E-state index in [4.69, 9.17) is 5.11 Å². The van der Waals surface area contributed by atoms with E-state index >= 15 is 0 Å². The summed E-state index contributed by atoms with van der Waals surface area (Å²) in [4.78, 5) is 2.56. The van der Waals surface area contributed by atoms with Crippen LogP contribution in [-0.4, -0.2) is 35.7 Å². The molecule has 0 aromatic heterocycles. The van der Waals surface area contributed by atoms with Crippen molar-refractivity contribution in [1.82, 2.24) is 4.90 Å². The molecule has 2 aliphatic heterocycles. The molecular formula is C9H17NO. The molecular weight excluding hydrogens is 138 g/mol. The first-order valence-corrected chi connectivity index (χ1v) is 4.76. The molecule has 2 atom stereocenters. The quantitative estimate of drug-likeness (QED) is 0.607. The number of nitrogens with zero attached hydrogens (tertiary/aromatic N) is 1. The molecule has 0 aromatic rings. The summed E-state index contributed by atoms with van der Waals surface area (Å²) >= 11 is 0. The van der Waals surface area contributed by atoms with Crippen LogP contribution in [0.4, 0.5) is 0 Å². The van der Waals surface area contributed by atoms with E-state index in [1.165, 1.54) is 38.8 Å². The van der Waals surface area contributed by atoms with Crippen molar-refractivity contribution in [3.05, 3.63) is 0 Å². The van der Waals surface area contributed by atoms with E-state index in [2.05, 4.69) is 4.90 Å². The minimum atomic E-state index is 0.404. The Balaban J connectivity index is 2.00. The average Bonchev–Trinajstić information content (AvgIpc) is 2.50. The van der Waals surface area contributed by atoms with E-state index in [0.717, 1.165) is 6.04 Å². The zero-order chi connectivity index (χ0) is 7.68. The van der Waals surface area contributed by atoms with E-state index in [1.807, 2.05) is 0 Å². The van der Waals surface area contributed by atoms with Crippen LogP contribution in [0.2, 0.25) is 0 Å². The molecule has 1 N–H and O–H groups in total. The van der Waals surface area contributed by atoms with Crippen LogP contribution in [-0.2, 0) is 0 Å². The third-order valence-corrected chi connectivity index (χ3v) is 3.21. The van der Waals surface area contributed by atoms with E-state index in [9.17, 15) is 0 Å². The Hall–Kier alpha value is -0.0800. The van der Waals surface area contributed by atoms with Gasteiger partial charge in [-0.05, 0) is 44.7 Å². The van der Waals surface area contributed by atoms with Crippen molar-refractivity contribution in [3.8, 4) is 0 Å². The summed E-state index contributed by atoms with van der Waals surface area (Å²) in [5, 5.41) is 9.11. The third-order valence-electron chi connectivity index (χ3n) is 3.21. The van der Waals surface area contributed by atoms with Crippen molar-refractivity contribution in [3.63, 3.8) is 0 Å². The number of aliphatic hydroxyl groups is 1. The SMILES string of the molecule is OC[C@H]1CCCN2CCC[C@@H]12. The second kappa shape index (κ2) is 3.11. The van der Waals surface area contributed by atoms with Crippen molar-refractivity contribution >= 4 is 0 Å². The largest absolute Gasteiger partial charge is 0.396 e. The first kappa shape index (κ1) is 7.56. The molecule has 2 saturated heterocycles. The molecule has 2 aliphatic rings. The second-order valence-electron chi connectivity index (χ2n) is 3.83. The maximum atomic E-state index is 9.11. The molecule has 11 heavy (non-hydrogen) atoms. The molecule has 0 bridgehead atoms. The third kappa shape index (κ3) is 1.30. The molecule has 2 rings (SSSR count). The molecule has 0 saturated carbocycles. The molecule has 2 heteroatoms. The molecule has 0 spiro atoms. The molecule has 2 heterocycles. The molecule has 0 amide bonds. The first-order valence-electron chi connectivity index (χ1n) is 4.76. The molecule has 0 aromatic carbocycles. The van der Waals surface area contributed by atoms with Gasteiger partial charge in [0.1, 0.15) is 0 Å². The monoisotopic (exact) mass is 155 g/mol. The maximum absolute atomic E-state index is 9.11. The summed E-state index contributed by atoms with van der Waals surface area (Å²) in [5.74, 6) is 0.589. The van der Waals surface area contributed by atoms with Crippen LogP contribution in [0.5, 0.6) is 0 Å². The van der Waals surface area contributed by atoms with Crippen LogP contribution in [0, 0.1) is 5.92 Å². The van der Waals surface area contributed by atoms with Gasteiger partial charge in [-0.25, -0.2) is 0 Å². The lowest BCUT2D eigenvalue weighted by Gasteiger charge is -2.35. The van der Waals surface area contributed by atoms with Gasteiger partial charge in [0.15, 0.2) is 0 Å². The topological polar surface area (TPSA) is 23.5 Å². The fourth-order valence-electron chi connectivity index (χ4n) is 2.63. The molecule has 0 unspecified atom stereocenters. The first-order chi connectivity index (χ1) is 5.42. The number of piperidine rings is 1. The highest BCUT2D eigenvalue weighted by Crippen LogP contribution is 2.30. The Kier molecular flexibility index (Phi) is 2.14. The number of hydrogen-bond acceptors (Lipinski definition) is 2. The fourth-order valence-corrected chi connectivity index (χ4v) is 2.63. The number of fused-ring (bicyclic) bond motifs is 1. The van der Waals surface area contributed by atoms with Gasteiger partial charge in [0, 0.05) is 12.6 Å². The van der Waals surface area contributed by atoms with Crippen LogP contribution >= 0.6 is 0 Å². The lowest BCUT2D eigenvalue weighted by atomic mass is 9.90. The maximum Gasteiger partial charge on any atom is 0.0474 e. The van der Waals surface area contributed by atoms with E-state index in [1.54, 1.807) is 0 Å².